The second-order valence-electron chi connectivity index (χ2n) is 10.1. The number of pyridine rings is 1. The zero-order valence-electron chi connectivity index (χ0n) is 21.6. The molecule has 0 bridgehead atoms. The fourth-order valence-corrected chi connectivity index (χ4v) is 4.58. The van der Waals surface area contributed by atoms with Crippen molar-refractivity contribution >= 4 is 19.5 Å². The summed E-state index contributed by atoms with van der Waals surface area (Å²) in [6.07, 6.45) is 4.64. The van der Waals surface area contributed by atoms with Crippen molar-refractivity contribution in [3.8, 4) is 16.9 Å². The molecule has 0 unspecified atom stereocenters. The van der Waals surface area contributed by atoms with Gasteiger partial charge in [-0.3, -0.25) is 4.79 Å². The van der Waals surface area contributed by atoms with Gasteiger partial charge >= 0.3 is 0 Å². The molecule has 1 atom stereocenters. The summed E-state index contributed by atoms with van der Waals surface area (Å²) in [4.78, 5) is 17.2. The van der Waals surface area contributed by atoms with Crippen molar-refractivity contribution in [3.05, 3.63) is 72.1 Å². The minimum atomic E-state index is -1.23. The predicted molar refractivity (Wildman–Crippen MR) is 139 cm³/mol. The minimum Gasteiger partial charge on any atom is -0.497 e. The molecule has 0 aliphatic carbocycles. The van der Waals surface area contributed by atoms with Gasteiger partial charge in [0.15, 0.2) is 5.69 Å². The molecule has 11 heteroatoms. The molecule has 196 valence electrons. The molecule has 0 spiro atoms. The molecule has 0 radical (unpaired) electrons. The molecule has 3 aromatic heterocycles. The van der Waals surface area contributed by atoms with Crippen molar-refractivity contribution in [3.63, 3.8) is 0 Å². The number of hydrogen-bond acceptors (Lipinski definition) is 5. The lowest BCUT2D eigenvalue weighted by atomic mass is 10.1. The van der Waals surface area contributed by atoms with Crippen LogP contribution in [0.5, 0.6) is 5.75 Å². The molecular weight excluding hydrogens is 496 g/mol. The van der Waals surface area contributed by atoms with E-state index in [4.69, 9.17) is 9.47 Å². The number of nitrogens with one attached hydrogen (secondary N) is 1. The highest BCUT2D eigenvalue weighted by Crippen LogP contribution is 2.25. The Morgan fingerprint density at radius 1 is 1.19 bits per heavy atom. The third-order valence-electron chi connectivity index (χ3n) is 6.02. The summed E-state index contributed by atoms with van der Waals surface area (Å²) in [5.74, 6) is -1.00. The van der Waals surface area contributed by atoms with Crippen LogP contribution in [0.15, 0.2) is 49.1 Å². The zero-order valence-corrected chi connectivity index (χ0v) is 22.6. The highest BCUT2D eigenvalue weighted by molar-refractivity contribution is 6.76. The van der Waals surface area contributed by atoms with Crippen LogP contribution in [0.3, 0.4) is 0 Å². The number of fused-ring (bicyclic) bond motifs is 1. The van der Waals surface area contributed by atoms with E-state index in [1.165, 1.54) is 36.4 Å². The second-order valence-corrected chi connectivity index (χ2v) is 15.7. The van der Waals surface area contributed by atoms with Gasteiger partial charge in [-0.15, -0.1) is 0 Å². The van der Waals surface area contributed by atoms with Gasteiger partial charge < -0.3 is 19.2 Å². The zero-order chi connectivity index (χ0) is 26.7. The van der Waals surface area contributed by atoms with Crippen LogP contribution in [0, 0.1) is 11.8 Å². The number of carbonyl (C=O) groups is 1. The average Bonchev–Trinajstić information content (AvgIpc) is 3.43. The summed E-state index contributed by atoms with van der Waals surface area (Å²) in [5, 5.41) is 6.96. The van der Waals surface area contributed by atoms with E-state index in [2.05, 4.69) is 35.0 Å². The Bertz CT molecular complexity index is 1410. The van der Waals surface area contributed by atoms with Crippen LogP contribution in [0.1, 0.15) is 29.0 Å². The number of ether oxygens (including phenoxy) is 2. The molecule has 0 aliphatic rings. The first kappa shape index (κ1) is 26.5. The summed E-state index contributed by atoms with van der Waals surface area (Å²) < 4.78 is 42.5. The van der Waals surface area contributed by atoms with Gasteiger partial charge in [-0.25, -0.2) is 14.1 Å². The molecule has 3 heterocycles. The van der Waals surface area contributed by atoms with Crippen LogP contribution in [0.2, 0.25) is 25.7 Å². The Morgan fingerprint density at radius 3 is 2.70 bits per heavy atom. The lowest BCUT2D eigenvalue weighted by Gasteiger charge is -2.15. The van der Waals surface area contributed by atoms with Crippen molar-refractivity contribution in [2.24, 2.45) is 0 Å². The molecule has 1 aromatic carbocycles. The quantitative estimate of drug-likeness (QED) is 0.224. The molecule has 0 aliphatic heterocycles. The van der Waals surface area contributed by atoms with Crippen molar-refractivity contribution in [2.45, 2.75) is 45.4 Å². The molecular formula is C26H31F2N5O3Si. The fourth-order valence-electron chi connectivity index (χ4n) is 3.82. The number of imidazole rings is 1. The maximum Gasteiger partial charge on any atom is 0.272 e. The number of benzene rings is 1. The Balaban J connectivity index is 1.47. The number of halogens is 2. The normalized spacial score (nSPS) is 12.6. The maximum absolute atomic E-state index is 15.0. The van der Waals surface area contributed by atoms with E-state index >= 15 is 4.39 Å². The van der Waals surface area contributed by atoms with Crippen molar-refractivity contribution in [1.82, 2.24) is 24.5 Å². The maximum atomic E-state index is 15.0. The molecule has 0 saturated heterocycles. The highest BCUT2D eigenvalue weighted by Gasteiger charge is 2.19. The Labute approximate surface area is 215 Å². The molecule has 0 saturated carbocycles. The average molecular weight is 528 g/mol. The van der Waals surface area contributed by atoms with E-state index in [0.717, 1.165) is 6.04 Å². The van der Waals surface area contributed by atoms with Gasteiger partial charge in [0, 0.05) is 32.5 Å². The van der Waals surface area contributed by atoms with Gasteiger partial charge in [-0.1, -0.05) is 25.7 Å². The Kier molecular flexibility index (Phi) is 7.74. The Morgan fingerprint density at radius 2 is 1.97 bits per heavy atom. The smallest absolute Gasteiger partial charge is 0.272 e. The van der Waals surface area contributed by atoms with Gasteiger partial charge in [-0.05, 0) is 36.7 Å². The molecule has 37 heavy (non-hydrogen) atoms. The summed E-state index contributed by atoms with van der Waals surface area (Å²) in [6.45, 7) is 9.13. The minimum absolute atomic E-state index is 0.0450. The van der Waals surface area contributed by atoms with Crippen LogP contribution in [0.25, 0.3) is 16.6 Å². The van der Waals surface area contributed by atoms with Crippen LogP contribution in [-0.4, -0.2) is 46.9 Å². The number of nitrogens with zero attached hydrogens (tertiary/aromatic N) is 4. The van der Waals surface area contributed by atoms with Crippen molar-refractivity contribution < 1.29 is 23.0 Å². The first-order valence-electron chi connectivity index (χ1n) is 12.0. The lowest BCUT2D eigenvalue weighted by Crippen LogP contribution is -2.27. The van der Waals surface area contributed by atoms with E-state index in [9.17, 15) is 9.18 Å². The molecule has 0 fully saturated rings. The number of hydrogen-bond donors (Lipinski definition) is 1. The molecule has 1 N–H and O–H groups in total. The van der Waals surface area contributed by atoms with Crippen LogP contribution in [0.4, 0.5) is 8.78 Å². The van der Waals surface area contributed by atoms with Crippen LogP contribution >= 0.6 is 0 Å². The van der Waals surface area contributed by atoms with Gasteiger partial charge in [0.05, 0.1) is 30.4 Å². The second kappa shape index (κ2) is 10.8. The number of amides is 1. The fraction of sp³-hybridized carbons (Fsp3) is 0.346. The summed E-state index contributed by atoms with van der Waals surface area (Å²) >= 11 is 0. The summed E-state index contributed by atoms with van der Waals surface area (Å²) in [6, 6.07) is 8.20. The number of aromatic nitrogens is 4. The topological polar surface area (TPSA) is 82.7 Å². The van der Waals surface area contributed by atoms with Gasteiger partial charge in [0.25, 0.3) is 5.91 Å². The third kappa shape index (κ3) is 6.23. The highest BCUT2D eigenvalue weighted by atomic mass is 28.3. The standard InChI is InChI=1S/C26H31F2N5O3Si/c1-17(19-10-20(27)12-21(11-19)35-2)31-26(34)24-23-7-6-18(14-32(23)15-29-24)22-13-30-33(25(22)28)16-36-8-9-37(3,4)5/h6-7,10-15,17H,8-9,16H2,1-5H3,(H,31,34)/t17-/m1/s1. The first-order chi connectivity index (χ1) is 17.6. The van der Waals surface area contributed by atoms with E-state index < -0.39 is 31.8 Å². The molecule has 4 rings (SSSR count). The van der Waals surface area contributed by atoms with Gasteiger partial charge in [0.2, 0.25) is 5.95 Å². The van der Waals surface area contributed by atoms with E-state index in [1.54, 1.807) is 35.7 Å². The first-order valence-corrected chi connectivity index (χ1v) is 15.7. The lowest BCUT2D eigenvalue weighted by molar-refractivity contribution is 0.0700. The molecule has 1 amide bonds. The largest absolute Gasteiger partial charge is 0.497 e. The van der Waals surface area contributed by atoms with E-state index in [1.807, 2.05) is 0 Å². The number of rotatable bonds is 10. The summed E-state index contributed by atoms with van der Waals surface area (Å²) in [5.41, 5.74) is 2.22. The van der Waals surface area contributed by atoms with Gasteiger partial charge in [-0.2, -0.15) is 9.49 Å². The molecule has 4 aromatic rings. The van der Waals surface area contributed by atoms with Crippen LogP contribution < -0.4 is 10.1 Å². The Hall–Kier alpha value is -3.57. The van der Waals surface area contributed by atoms with Gasteiger partial charge in [0.1, 0.15) is 24.6 Å². The number of carbonyl (C=O) groups excluding carboxylic acids is 1. The van der Waals surface area contributed by atoms with Crippen molar-refractivity contribution in [2.75, 3.05) is 13.7 Å². The predicted octanol–water partition coefficient (Wildman–Crippen LogP) is 5.29. The van der Waals surface area contributed by atoms with Crippen molar-refractivity contribution in [1.29, 1.82) is 0 Å². The monoisotopic (exact) mass is 527 g/mol. The number of methoxy groups -OCH3 is 1. The van der Waals surface area contributed by atoms with E-state index in [-0.39, 0.29) is 12.4 Å². The summed E-state index contributed by atoms with van der Waals surface area (Å²) in [7, 11) is 0.224. The SMILES string of the molecule is COc1cc(F)cc([C@@H](C)NC(=O)c2ncn3cc(-c4cnn(COCC[Si](C)(C)C)c4F)ccc23)c1. The van der Waals surface area contributed by atoms with E-state index in [0.29, 0.717) is 34.6 Å². The van der Waals surface area contributed by atoms with Crippen LogP contribution in [-0.2, 0) is 11.5 Å². The third-order valence-corrected chi connectivity index (χ3v) is 7.72. The molecule has 8 nitrogen and oxygen atoms in total.